The highest BCUT2D eigenvalue weighted by Crippen LogP contribution is 2.17. The van der Waals surface area contributed by atoms with Crippen molar-refractivity contribution in [1.29, 1.82) is 5.41 Å². The molecule has 0 spiro atoms. The molecular weight excluding hydrogens is 134 g/mol. The van der Waals surface area contributed by atoms with Gasteiger partial charge in [-0.25, -0.2) is 0 Å². The van der Waals surface area contributed by atoms with Crippen LogP contribution in [0.25, 0.3) is 0 Å². The monoisotopic (exact) mass is 153 g/mol. The van der Waals surface area contributed by atoms with Gasteiger partial charge < -0.3 is 5.41 Å². The molecule has 0 saturated carbocycles. The summed E-state index contributed by atoms with van der Waals surface area (Å²) >= 11 is 0. The van der Waals surface area contributed by atoms with Crippen LogP contribution in [0.4, 0.5) is 0 Å². The summed E-state index contributed by atoms with van der Waals surface area (Å²) in [5, 5.41) is 7.56. The van der Waals surface area contributed by atoms with Gasteiger partial charge in [-0.1, -0.05) is 26.3 Å². The summed E-state index contributed by atoms with van der Waals surface area (Å²) in [6.07, 6.45) is 1.06. The van der Waals surface area contributed by atoms with E-state index in [9.17, 15) is 0 Å². The Morgan fingerprint density at radius 2 is 1.73 bits per heavy atom. The van der Waals surface area contributed by atoms with Gasteiger partial charge in [0.05, 0.1) is 0 Å². The van der Waals surface area contributed by atoms with E-state index in [0.29, 0.717) is 5.92 Å². The number of rotatable bonds is 3. The molecule has 0 aromatic heterocycles. The Balaban J connectivity index is 4.73. The summed E-state index contributed by atoms with van der Waals surface area (Å²) in [6, 6.07) is 0. The summed E-state index contributed by atoms with van der Waals surface area (Å²) in [5.74, 6) is 0.493. The molecule has 0 atom stereocenters. The molecule has 0 aromatic rings. The summed E-state index contributed by atoms with van der Waals surface area (Å²) in [5.41, 5.74) is 3.30. The van der Waals surface area contributed by atoms with E-state index < -0.39 is 0 Å². The molecule has 0 aliphatic rings. The average molecular weight is 153 g/mol. The van der Waals surface area contributed by atoms with Gasteiger partial charge in [0.2, 0.25) is 0 Å². The Morgan fingerprint density at radius 1 is 1.27 bits per heavy atom. The molecule has 11 heavy (non-hydrogen) atoms. The molecule has 0 heterocycles. The molecule has 0 fully saturated rings. The quantitative estimate of drug-likeness (QED) is 0.601. The molecule has 0 aromatic carbocycles. The van der Waals surface area contributed by atoms with Gasteiger partial charge in [0.15, 0.2) is 0 Å². The predicted octanol–water partition coefficient (Wildman–Crippen LogP) is 3.41. The van der Waals surface area contributed by atoms with Crippen LogP contribution in [0.15, 0.2) is 11.1 Å². The predicted molar refractivity (Wildman–Crippen MR) is 51.2 cm³/mol. The molecule has 0 rings (SSSR count). The van der Waals surface area contributed by atoms with Crippen molar-refractivity contribution < 1.29 is 0 Å². The lowest BCUT2D eigenvalue weighted by Crippen LogP contribution is -2.05. The number of hydrogen-bond donors (Lipinski definition) is 1. The van der Waals surface area contributed by atoms with Crippen LogP contribution in [0.2, 0.25) is 0 Å². The van der Waals surface area contributed by atoms with Crippen molar-refractivity contribution in [3.63, 3.8) is 0 Å². The third-order valence-corrected chi connectivity index (χ3v) is 1.97. The summed E-state index contributed by atoms with van der Waals surface area (Å²) in [6.45, 7) is 10.4. The summed E-state index contributed by atoms with van der Waals surface area (Å²) < 4.78 is 0. The first-order valence-corrected chi connectivity index (χ1v) is 4.25. The molecule has 1 heteroatoms. The molecule has 0 radical (unpaired) electrons. The molecule has 0 amide bonds. The van der Waals surface area contributed by atoms with Crippen molar-refractivity contribution in [2.75, 3.05) is 0 Å². The first-order chi connectivity index (χ1) is 5.00. The highest BCUT2D eigenvalue weighted by Gasteiger charge is 2.07. The smallest absolute Gasteiger partial charge is 0.0316 e. The van der Waals surface area contributed by atoms with E-state index in [-0.39, 0.29) is 0 Å². The van der Waals surface area contributed by atoms with Crippen molar-refractivity contribution in [2.24, 2.45) is 5.92 Å². The van der Waals surface area contributed by atoms with Crippen molar-refractivity contribution in [3.8, 4) is 0 Å². The SMILES string of the molecule is CC/C(C)=C(\C(C)=N)C(C)C. The van der Waals surface area contributed by atoms with Crippen LogP contribution in [0.3, 0.4) is 0 Å². The highest BCUT2D eigenvalue weighted by molar-refractivity contribution is 5.96. The minimum Gasteiger partial charge on any atom is -0.305 e. The fourth-order valence-electron chi connectivity index (χ4n) is 1.44. The maximum atomic E-state index is 7.56. The Bertz CT molecular complexity index is 175. The maximum Gasteiger partial charge on any atom is 0.0316 e. The molecule has 0 aliphatic heterocycles. The molecular formula is C10H19N. The van der Waals surface area contributed by atoms with Crippen LogP contribution < -0.4 is 0 Å². The number of nitrogens with one attached hydrogen (secondary N) is 1. The molecule has 0 unspecified atom stereocenters. The van der Waals surface area contributed by atoms with Crippen LogP contribution in [-0.4, -0.2) is 5.71 Å². The van der Waals surface area contributed by atoms with Crippen LogP contribution in [0.1, 0.15) is 41.0 Å². The van der Waals surface area contributed by atoms with Gasteiger partial charge in [0.25, 0.3) is 0 Å². The fraction of sp³-hybridized carbons (Fsp3) is 0.700. The minimum atomic E-state index is 0.493. The lowest BCUT2D eigenvalue weighted by molar-refractivity contribution is 0.780. The molecule has 0 aliphatic carbocycles. The van der Waals surface area contributed by atoms with Gasteiger partial charge in [0.1, 0.15) is 0 Å². The first-order valence-electron chi connectivity index (χ1n) is 4.25. The minimum absolute atomic E-state index is 0.493. The summed E-state index contributed by atoms with van der Waals surface area (Å²) in [4.78, 5) is 0. The number of hydrogen-bond acceptors (Lipinski definition) is 1. The van der Waals surface area contributed by atoms with Crippen molar-refractivity contribution >= 4 is 5.71 Å². The molecule has 0 bridgehead atoms. The van der Waals surface area contributed by atoms with E-state index >= 15 is 0 Å². The van der Waals surface area contributed by atoms with Crippen LogP contribution in [0.5, 0.6) is 0 Å². The van der Waals surface area contributed by atoms with Crippen LogP contribution in [-0.2, 0) is 0 Å². The molecule has 64 valence electrons. The van der Waals surface area contributed by atoms with Gasteiger partial charge in [-0.15, -0.1) is 0 Å². The zero-order valence-corrected chi connectivity index (χ0v) is 8.28. The Morgan fingerprint density at radius 3 is 1.82 bits per heavy atom. The topological polar surface area (TPSA) is 23.9 Å². The Labute approximate surface area is 70.0 Å². The molecule has 1 N–H and O–H groups in total. The van der Waals surface area contributed by atoms with E-state index in [2.05, 4.69) is 27.7 Å². The van der Waals surface area contributed by atoms with Crippen molar-refractivity contribution in [2.45, 2.75) is 41.0 Å². The van der Waals surface area contributed by atoms with E-state index in [1.54, 1.807) is 0 Å². The van der Waals surface area contributed by atoms with E-state index in [4.69, 9.17) is 5.41 Å². The molecule has 0 saturated heterocycles. The Hall–Kier alpha value is -0.590. The molecule has 1 nitrogen and oxygen atoms in total. The van der Waals surface area contributed by atoms with E-state index in [1.165, 1.54) is 11.1 Å². The zero-order chi connectivity index (χ0) is 9.02. The number of allylic oxidation sites excluding steroid dienone is 2. The second-order valence-electron chi connectivity index (χ2n) is 3.33. The van der Waals surface area contributed by atoms with Crippen LogP contribution in [0, 0.1) is 11.3 Å². The van der Waals surface area contributed by atoms with Crippen molar-refractivity contribution in [1.82, 2.24) is 0 Å². The van der Waals surface area contributed by atoms with Gasteiger partial charge in [-0.3, -0.25) is 0 Å². The van der Waals surface area contributed by atoms with Gasteiger partial charge in [0, 0.05) is 5.71 Å². The van der Waals surface area contributed by atoms with E-state index in [0.717, 1.165) is 12.1 Å². The maximum absolute atomic E-state index is 7.56. The lowest BCUT2D eigenvalue weighted by atomic mass is 9.93. The van der Waals surface area contributed by atoms with Gasteiger partial charge in [-0.05, 0) is 31.8 Å². The zero-order valence-electron chi connectivity index (χ0n) is 8.28. The van der Waals surface area contributed by atoms with Gasteiger partial charge >= 0.3 is 0 Å². The van der Waals surface area contributed by atoms with Gasteiger partial charge in [-0.2, -0.15) is 0 Å². The fourth-order valence-corrected chi connectivity index (χ4v) is 1.44. The second kappa shape index (κ2) is 4.32. The Kier molecular flexibility index (Phi) is 4.09. The highest BCUT2D eigenvalue weighted by atomic mass is 14.4. The van der Waals surface area contributed by atoms with E-state index in [1.807, 2.05) is 6.92 Å². The van der Waals surface area contributed by atoms with Crippen molar-refractivity contribution in [3.05, 3.63) is 11.1 Å². The largest absolute Gasteiger partial charge is 0.305 e. The lowest BCUT2D eigenvalue weighted by Gasteiger charge is -2.13. The third kappa shape index (κ3) is 2.87. The second-order valence-corrected chi connectivity index (χ2v) is 3.33. The normalized spacial score (nSPS) is 13.3. The standard InChI is InChI=1S/C10H19N/c1-6-8(4)10(7(2)3)9(5)11/h7,11H,6H2,1-5H3/b10-8-,11-9?. The summed E-state index contributed by atoms with van der Waals surface area (Å²) in [7, 11) is 0. The third-order valence-electron chi connectivity index (χ3n) is 1.97. The average Bonchev–Trinajstić information content (AvgIpc) is 1.85. The van der Waals surface area contributed by atoms with Crippen LogP contribution >= 0.6 is 0 Å². The first kappa shape index (κ1) is 10.4.